The summed E-state index contributed by atoms with van der Waals surface area (Å²) in [6, 6.07) is 5.42. The van der Waals surface area contributed by atoms with Crippen molar-refractivity contribution in [2.24, 2.45) is 15.3 Å². The zero-order chi connectivity index (χ0) is 15.2. The maximum absolute atomic E-state index is 11.4. The Morgan fingerprint density at radius 2 is 2.19 bits per heavy atom. The Balaban J connectivity index is 2.24. The molecule has 1 unspecified atom stereocenters. The molecule has 0 spiro atoms. The van der Waals surface area contributed by atoms with Crippen LogP contribution in [0.1, 0.15) is 5.56 Å². The fraction of sp³-hybridized carbons (Fsp3) is 0.231. The second kappa shape index (κ2) is 6.98. The first-order valence-electron chi connectivity index (χ1n) is 5.96. The van der Waals surface area contributed by atoms with E-state index in [1.54, 1.807) is 20.3 Å². The van der Waals surface area contributed by atoms with E-state index < -0.39 is 4.83 Å². The van der Waals surface area contributed by atoms with Crippen LogP contribution in [-0.4, -0.2) is 43.1 Å². The Labute approximate surface area is 129 Å². The lowest BCUT2D eigenvalue weighted by Crippen LogP contribution is -2.38. The van der Waals surface area contributed by atoms with Crippen molar-refractivity contribution in [3.05, 3.63) is 23.8 Å². The number of methoxy groups -OCH3 is 2. The zero-order valence-corrected chi connectivity index (χ0v) is 13.0. The predicted molar refractivity (Wildman–Crippen MR) is 83.9 cm³/mol. The highest BCUT2D eigenvalue weighted by Gasteiger charge is 2.23. The lowest BCUT2D eigenvalue weighted by molar-refractivity contribution is -0.119. The molecule has 1 heterocycles. The number of hydrogen-bond donors (Lipinski definition) is 1. The third-order valence-corrected chi connectivity index (χ3v) is 3.55. The van der Waals surface area contributed by atoms with Crippen molar-refractivity contribution in [1.82, 2.24) is 5.43 Å². The van der Waals surface area contributed by atoms with E-state index in [9.17, 15) is 4.79 Å². The van der Waals surface area contributed by atoms with E-state index in [0.717, 1.165) is 0 Å². The van der Waals surface area contributed by atoms with E-state index in [1.807, 2.05) is 12.1 Å². The van der Waals surface area contributed by atoms with Gasteiger partial charge in [0, 0.05) is 5.56 Å². The second-order valence-corrected chi connectivity index (χ2v) is 4.86. The first kappa shape index (κ1) is 15.2. The number of nitrogens with one attached hydrogen (secondary N) is 1. The number of nitrogens with zero attached hydrogens (tertiary/aromatic N) is 3. The first-order valence-corrected chi connectivity index (χ1v) is 6.88. The van der Waals surface area contributed by atoms with E-state index >= 15 is 0 Å². The third-order valence-electron chi connectivity index (χ3n) is 2.66. The molecule has 0 fully saturated rings. The molecule has 2 rings (SSSR count). The summed E-state index contributed by atoms with van der Waals surface area (Å²) in [5.41, 5.74) is 3.44. The summed E-state index contributed by atoms with van der Waals surface area (Å²) in [6.45, 7) is 0. The zero-order valence-electron chi connectivity index (χ0n) is 11.4. The van der Waals surface area contributed by atoms with Crippen molar-refractivity contribution in [3.63, 3.8) is 0 Å². The molecule has 110 valence electrons. The molecule has 1 N–H and O–H groups in total. The van der Waals surface area contributed by atoms with Gasteiger partial charge in [-0.1, -0.05) is 22.0 Å². The molecular weight excluding hydrogens is 340 g/mol. The minimum Gasteiger partial charge on any atom is -0.493 e. The molecule has 0 bridgehead atoms. The Bertz CT molecular complexity index is 628. The number of para-hydroxylation sites is 1. The van der Waals surface area contributed by atoms with Gasteiger partial charge >= 0.3 is 0 Å². The minimum absolute atomic E-state index is 0.287. The fourth-order valence-corrected chi connectivity index (χ4v) is 1.98. The van der Waals surface area contributed by atoms with Gasteiger partial charge in [-0.25, -0.2) is 5.43 Å². The van der Waals surface area contributed by atoms with Crippen LogP contribution in [0.2, 0.25) is 0 Å². The number of carbonyl (C=O) groups excluding carboxylic acids is 1. The molecule has 8 heteroatoms. The van der Waals surface area contributed by atoms with Crippen LogP contribution in [0.4, 0.5) is 0 Å². The Hall–Kier alpha value is -2.22. The van der Waals surface area contributed by atoms with Gasteiger partial charge in [0.15, 0.2) is 11.5 Å². The number of alkyl halides is 1. The highest BCUT2D eigenvalue weighted by molar-refractivity contribution is 9.10. The topological polar surface area (TPSA) is 84.6 Å². The van der Waals surface area contributed by atoms with Gasteiger partial charge in [-0.15, -0.1) is 0 Å². The monoisotopic (exact) mass is 352 g/mol. The molecule has 1 amide bonds. The van der Waals surface area contributed by atoms with Gasteiger partial charge in [0.25, 0.3) is 5.91 Å². The Kier molecular flexibility index (Phi) is 5.04. The third kappa shape index (κ3) is 3.46. The summed E-state index contributed by atoms with van der Waals surface area (Å²) >= 11 is 3.20. The van der Waals surface area contributed by atoms with Crippen molar-refractivity contribution in [2.75, 3.05) is 14.2 Å². The molecular formula is C13H13BrN4O3. The van der Waals surface area contributed by atoms with Crippen LogP contribution in [0.5, 0.6) is 11.5 Å². The molecule has 0 aliphatic carbocycles. The fourth-order valence-electron chi connectivity index (χ4n) is 1.67. The number of benzene rings is 1. The SMILES string of the molecule is COc1cccc(/C=N\N=C2\C=NNC(=O)C2Br)c1OC. The van der Waals surface area contributed by atoms with Gasteiger partial charge in [0.05, 0.1) is 26.6 Å². The van der Waals surface area contributed by atoms with Crippen molar-refractivity contribution >= 4 is 40.0 Å². The molecule has 1 aromatic carbocycles. The summed E-state index contributed by atoms with van der Waals surface area (Å²) in [4.78, 5) is 10.8. The van der Waals surface area contributed by atoms with Crippen molar-refractivity contribution in [1.29, 1.82) is 0 Å². The minimum atomic E-state index is -0.570. The molecule has 1 aliphatic heterocycles. The molecule has 7 nitrogen and oxygen atoms in total. The van der Waals surface area contributed by atoms with Crippen molar-refractivity contribution < 1.29 is 14.3 Å². The maximum Gasteiger partial charge on any atom is 0.260 e. The lowest BCUT2D eigenvalue weighted by Gasteiger charge is -2.11. The first-order chi connectivity index (χ1) is 10.2. The number of rotatable bonds is 4. The van der Waals surface area contributed by atoms with E-state index in [4.69, 9.17) is 9.47 Å². The number of carbonyl (C=O) groups is 1. The highest BCUT2D eigenvalue weighted by Crippen LogP contribution is 2.29. The standard InChI is InChI=1S/C13H13BrN4O3/c1-20-10-5-3-4-8(12(10)21-2)6-15-17-9-7-16-18-13(19)11(9)14/h3-7,11H,1-2H3,(H,18,19)/b15-6-,17-9-. The van der Waals surface area contributed by atoms with Crippen LogP contribution in [0.15, 0.2) is 33.5 Å². The van der Waals surface area contributed by atoms with Gasteiger partial charge in [0.1, 0.15) is 10.5 Å². The van der Waals surface area contributed by atoms with Gasteiger partial charge in [-0.3, -0.25) is 4.79 Å². The largest absolute Gasteiger partial charge is 0.493 e. The molecule has 21 heavy (non-hydrogen) atoms. The number of amides is 1. The normalized spacial score (nSPS) is 19.9. The summed E-state index contributed by atoms with van der Waals surface area (Å²) < 4.78 is 10.5. The van der Waals surface area contributed by atoms with Crippen LogP contribution in [-0.2, 0) is 4.79 Å². The molecule has 0 saturated heterocycles. The van der Waals surface area contributed by atoms with Crippen LogP contribution >= 0.6 is 15.9 Å². The molecule has 0 radical (unpaired) electrons. The van der Waals surface area contributed by atoms with Crippen LogP contribution in [0, 0.1) is 0 Å². The average Bonchev–Trinajstić information content (AvgIpc) is 2.51. The molecule has 1 aromatic rings. The van der Waals surface area contributed by atoms with E-state index in [2.05, 4.69) is 36.7 Å². The summed E-state index contributed by atoms with van der Waals surface area (Å²) in [6.07, 6.45) is 2.95. The average molecular weight is 353 g/mol. The summed E-state index contributed by atoms with van der Waals surface area (Å²) in [7, 11) is 3.11. The maximum atomic E-state index is 11.4. The molecule has 0 aromatic heterocycles. The van der Waals surface area contributed by atoms with Crippen LogP contribution < -0.4 is 14.9 Å². The number of hydrazone groups is 1. The summed E-state index contributed by atoms with van der Waals surface area (Å²) in [5, 5.41) is 11.6. The highest BCUT2D eigenvalue weighted by atomic mass is 79.9. The van der Waals surface area contributed by atoms with Crippen molar-refractivity contribution in [2.45, 2.75) is 4.83 Å². The van der Waals surface area contributed by atoms with E-state index in [1.165, 1.54) is 12.4 Å². The van der Waals surface area contributed by atoms with Gasteiger partial charge < -0.3 is 9.47 Å². The smallest absolute Gasteiger partial charge is 0.260 e. The Morgan fingerprint density at radius 1 is 1.38 bits per heavy atom. The summed E-state index contributed by atoms with van der Waals surface area (Å²) in [5.74, 6) is 0.880. The number of ether oxygens (including phenoxy) is 2. The van der Waals surface area contributed by atoms with Gasteiger partial charge in [0.2, 0.25) is 0 Å². The predicted octanol–water partition coefficient (Wildman–Crippen LogP) is 1.36. The van der Waals surface area contributed by atoms with E-state index in [-0.39, 0.29) is 5.91 Å². The number of hydrogen-bond acceptors (Lipinski definition) is 6. The van der Waals surface area contributed by atoms with Crippen LogP contribution in [0.3, 0.4) is 0 Å². The molecule has 1 atom stereocenters. The lowest BCUT2D eigenvalue weighted by atomic mass is 10.2. The number of halogens is 1. The Morgan fingerprint density at radius 3 is 2.90 bits per heavy atom. The molecule has 1 aliphatic rings. The van der Waals surface area contributed by atoms with Crippen molar-refractivity contribution in [3.8, 4) is 11.5 Å². The quantitative estimate of drug-likeness (QED) is 0.504. The van der Waals surface area contributed by atoms with E-state index in [0.29, 0.717) is 22.8 Å². The van der Waals surface area contributed by atoms with Gasteiger partial charge in [-0.05, 0) is 12.1 Å². The van der Waals surface area contributed by atoms with Crippen LogP contribution in [0.25, 0.3) is 0 Å². The second-order valence-electron chi connectivity index (χ2n) is 3.95. The molecule has 0 saturated carbocycles. The van der Waals surface area contributed by atoms with Gasteiger partial charge in [-0.2, -0.15) is 15.3 Å².